The summed E-state index contributed by atoms with van der Waals surface area (Å²) in [7, 11) is 0. The molecule has 0 aliphatic carbocycles. The minimum atomic E-state index is -1.00. The number of piperidine rings is 1. The number of carboxylic acid groups (broad SMARTS) is 1. The van der Waals surface area contributed by atoms with E-state index in [9.17, 15) is 15.0 Å². The summed E-state index contributed by atoms with van der Waals surface area (Å²) in [5.74, 6) is -0.116. The second kappa shape index (κ2) is 11.9. The van der Waals surface area contributed by atoms with Crippen molar-refractivity contribution in [1.29, 1.82) is 0 Å². The Bertz CT molecular complexity index is 1250. The first-order valence-corrected chi connectivity index (χ1v) is 14.3. The molecule has 2 aromatic heterocycles. The van der Waals surface area contributed by atoms with Crippen LogP contribution in [0.2, 0.25) is 0 Å². The van der Waals surface area contributed by atoms with Crippen molar-refractivity contribution in [2.24, 2.45) is 0 Å². The van der Waals surface area contributed by atoms with Gasteiger partial charge in [0.25, 0.3) is 0 Å². The number of aryl methyl sites for hydroxylation is 1. The van der Waals surface area contributed by atoms with Gasteiger partial charge < -0.3 is 35.8 Å². The number of hydrogen-bond acceptors (Lipinski definition) is 9. The van der Waals surface area contributed by atoms with Gasteiger partial charge >= 0.3 is 5.97 Å². The third kappa shape index (κ3) is 5.73. The Balaban J connectivity index is 1.17. The van der Waals surface area contributed by atoms with E-state index in [4.69, 9.17) is 15.5 Å². The van der Waals surface area contributed by atoms with Crippen molar-refractivity contribution < 1.29 is 19.7 Å². The standard InChI is InChI=1S/C28H37N5O4S/c1-2-3-19-16-23(31-27-24(19)25(29)26(38-27)28(35)36)33-10-8-20(9-11-33)30-17-22(34)18-4-6-21(7-5-18)32-12-14-37-15-13-32/h4-7,16,20,22,30,34H,2-3,8-15,17,29H2,1H3,(H,35,36). The summed E-state index contributed by atoms with van der Waals surface area (Å²) in [5, 5.41) is 24.6. The van der Waals surface area contributed by atoms with Gasteiger partial charge in [-0.25, -0.2) is 9.78 Å². The second-order valence-electron chi connectivity index (χ2n) is 10.1. The normalized spacial score (nSPS) is 17.7. The van der Waals surface area contributed by atoms with Gasteiger partial charge in [0.2, 0.25) is 0 Å². The van der Waals surface area contributed by atoms with Crippen LogP contribution in [0.25, 0.3) is 10.2 Å². The van der Waals surface area contributed by atoms with Crippen molar-refractivity contribution in [3.8, 4) is 0 Å². The zero-order valence-corrected chi connectivity index (χ0v) is 22.7. The number of nitrogens with one attached hydrogen (secondary N) is 1. The zero-order valence-electron chi connectivity index (χ0n) is 21.9. The molecule has 2 saturated heterocycles. The van der Waals surface area contributed by atoms with Crippen LogP contribution in [-0.4, -0.2) is 73.1 Å². The summed E-state index contributed by atoms with van der Waals surface area (Å²) in [6, 6.07) is 10.6. The van der Waals surface area contributed by atoms with E-state index in [0.717, 1.165) is 98.7 Å². The van der Waals surface area contributed by atoms with Crippen molar-refractivity contribution in [2.45, 2.75) is 44.8 Å². The number of carboxylic acids is 1. The minimum absolute atomic E-state index is 0.166. The quantitative estimate of drug-likeness (QED) is 0.322. The molecule has 9 nitrogen and oxygen atoms in total. The zero-order chi connectivity index (χ0) is 26.6. The maximum Gasteiger partial charge on any atom is 0.348 e. The third-order valence-corrected chi connectivity index (χ3v) is 8.64. The number of anilines is 3. The first-order valence-electron chi connectivity index (χ1n) is 13.5. The van der Waals surface area contributed by atoms with Gasteiger partial charge in [-0.3, -0.25) is 0 Å². The highest BCUT2D eigenvalue weighted by atomic mass is 32.1. The Hall–Kier alpha value is -2.92. The van der Waals surface area contributed by atoms with E-state index in [0.29, 0.717) is 23.1 Å². The number of benzene rings is 1. The number of pyridine rings is 1. The number of aromatic nitrogens is 1. The molecule has 0 amide bonds. The van der Waals surface area contributed by atoms with Gasteiger partial charge in [-0.05, 0) is 48.6 Å². The predicted molar refractivity (Wildman–Crippen MR) is 153 cm³/mol. The average Bonchev–Trinajstić information content (AvgIpc) is 3.29. The molecule has 3 aromatic rings. The Morgan fingerprint density at radius 1 is 1.18 bits per heavy atom. The monoisotopic (exact) mass is 539 g/mol. The number of aliphatic hydroxyl groups excluding tert-OH is 1. The van der Waals surface area contributed by atoms with Crippen LogP contribution in [0.1, 0.15) is 53.1 Å². The lowest BCUT2D eigenvalue weighted by molar-refractivity contribution is 0.0703. The van der Waals surface area contributed by atoms with Crippen molar-refractivity contribution in [3.63, 3.8) is 0 Å². The van der Waals surface area contributed by atoms with Crippen LogP contribution >= 0.6 is 11.3 Å². The van der Waals surface area contributed by atoms with Crippen LogP contribution in [0.15, 0.2) is 30.3 Å². The van der Waals surface area contributed by atoms with E-state index in [2.05, 4.69) is 40.2 Å². The highest BCUT2D eigenvalue weighted by Gasteiger charge is 2.24. The molecular formula is C28H37N5O4S. The van der Waals surface area contributed by atoms with Crippen LogP contribution in [-0.2, 0) is 11.2 Å². The smallest absolute Gasteiger partial charge is 0.348 e. The number of nitrogens with zero attached hydrogens (tertiary/aromatic N) is 3. The summed E-state index contributed by atoms with van der Waals surface area (Å²) < 4.78 is 5.43. The van der Waals surface area contributed by atoms with Gasteiger partial charge in [0.1, 0.15) is 15.5 Å². The summed E-state index contributed by atoms with van der Waals surface area (Å²) in [6.07, 6.45) is 3.10. The Morgan fingerprint density at radius 3 is 2.55 bits per heavy atom. The molecule has 2 aliphatic rings. The number of ether oxygens (including phenoxy) is 1. The number of hydrogen-bond donors (Lipinski definition) is 4. The summed E-state index contributed by atoms with van der Waals surface area (Å²) in [4.78, 5) is 21.9. The first-order chi connectivity index (χ1) is 18.4. The highest BCUT2D eigenvalue weighted by molar-refractivity contribution is 7.21. The lowest BCUT2D eigenvalue weighted by atomic mass is 10.0. The van der Waals surface area contributed by atoms with Gasteiger partial charge in [-0.1, -0.05) is 25.5 Å². The van der Waals surface area contributed by atoms with Crippen LogP contribution in [0.3, 0.4) is 0 Å². The van der Waals surface area contributed by atoms with E-state index in [1.807, 2.05) is 12.1 Å². The number of aromatic carboxylic acids is 1. The minimum Gasteiger partial charge on any atom is -0.477 e. The van der Waals surface area contributed by atoms with Gasteiger partial charge in [-0.2, -0.15) is 0 Å². The summed E-state index contributed by atoms with van der Waals surface area (Å²) >= 11 is 1.16. The number of thiophene rings is 1. The topological polar surface area (TPSA) is 124 Å². The third-order valence-electron chi connectivity index (χ3n) is 7.55. The number of carbonyl (C=O) groups is 1. The molecule has 1 aromatic carbocycles. The lowest BCUT2D eigenvalue weighted by Gasteiger charge is -2.34. The lowest BCUT2D eigenvalue weighted by Crippen LogP contribution is -2.44. The first kappa shape index (κ1) is 26.7. The van der Waals surface area contributed by atoms with Crippen molar-refractivity contribution in [3.05, 3.63) is 46.3 Å². The van der Waals surface area contributed by atoms with Crippen LogP contribution in [0.4, 0.5) is 17.2 Å². The molecule has 1 unspecified atom stereocenters. The van der Waals surface area contributed by atoms with E-state index < -0.39 is 12.1 Å². The number of nitrogens with two attached hydrogens (primary N) is 1. The van der Waals surface area contributed by atoms with Crippen LogP contribution < -0.4 is 20.9 Å². The largest absolute Gasteiger partial charge is 0.477 e. The molecule has 10 heteroatoms. The molecule has 0 radical (unpaired) electrons. The summed E-state index contributed by atoms with van der Waals surface area (Å²) in [5.41, 5.74) is 9.69. The molecular weight excluding hydrogens is 502 g/mol. The van der Waals surface area contributed by atoms with Crippen LogP contribution in [0, 0.1) is 0 Å². The Labute approximate surface area is 227 Å². The molecule has 0 saturated carbocycles. The van der Waals surface area contributed by atoms with Crippen molar-refractivity contribution in [2.75, 3.05) is 61.5 Å². The molecule has 1 atom stereocenters. The molecule has 0 bridgehead atoms. The van der Waals surface area contributed by atoms with Gasteiger partial charge in [-0.15, -0.1) is 11.3 Å². The molecule has 5 N–H and O–H groups in total. The van der Waals surface area contributed by atoms with E-state index in [1.165, 1.54) is 5.69 Å². The van der Waals surface area contributed by atoms with E-state index in [-0.39, 0.29) is 4.88 Å². The fourth-order valence-corrected chi connectivity index (χ4v) is 6.38. The molecule has 4 heterocycles. The fraction of sp³-hybridized carbons (Fsp3) is 0.500. The number of nitrogen functional groups attached to an aromatic ring is 1. The van der Waals surface area contributed by atoms with Crippen molar-refractivity contribution >= 4 is 44.7 Å². The second-order valence-corrected chi connectivity index (χ2v) is 11.1. The fourth-order valence-electron chi connectivity index (χ4n) is 5.41. The van der Waals surface area contributed by atoms with Gasteiger partial charge in [0, 0.05) is 49.8 Å². The van der Waals surface area contributed by atoms with Gasteiger partial charge in [0.05, 0.1) is 25.0 Å². The Morgan fingerprint density at radius 2 is 1.89 bits per heavy atom. The van der Waals surface area contributed by atoms with E-state index >= 15 is 0 Å². The highest BCUT2D eigenvalue weighted by Crippen LogP contribution is 2.37. The summed E-state index contributed by atoms with van der Waals surface area (Å²) in [6.45, 7) is 7.62. The molecule has 5 rings (SSSR count). The number of fused-ring (bicyclic) bond motifs is 1. The maximum atomic E-state index is 11.6. The van der Waals surface area contributed by atoms with Crippen molar-refractivity contribution in [1.82, 2.24) is 10.3 Å². The molecule has 204 valence electrons. The van der Waals surface area contributed by atoms with Gasteiger partial charge in [0.15, 0.2) is 0 Å². The molecule has 38 heavy (non-hydrogen) atoms. The molecule has 2 aliphatic heterocycles. The molecule has 2 fully saturated rings. The number of rotatable bonds is 9. The number of morpholine rings is 1. The SMILES string of the molecule is CCCc1cc(N2CCC(NCC(O)c3ccc(N4CCOCC4)cc3)CC2)nc2sc(C(=O)O)c(N)c12. The predicted octanol–water partition coefficient (Wildman–Crippen LogP) is 3.66. The number of aliphatic hydroxyl groups is 1. The van der Waals surface area contributed by atoms with E-state index in [1.54, 1.807) is 0 Å². The average molecular weight is 540 g/mol. The molecule has 0 spiro atoms. The Kier molecular flexibility index (Phi) is 8.32. The van der Waals surface area contributed by atoms with Crippen LogP contribution in [0.5, 0.6) is 0 Å². The maximum absolute atomic E-state index is 11.6.